The topological polar surface area (TPSA) is 46.5 Å². The van der Waals surface area contributed by atoms with Crippen molar-refractivity contribution in [2.45, 2.75) is 46.8 Å². The first-order valence-corrected chi connectivity index (χ1v) is 4.74. The molecule has 0 rings (SSSR count). The molecule has 0 aromatic heterocycles. The molecule has 0 amide bonds. The zero-order chi connectivity index (χ0) is 10.6. The molecule has 2 atom stereocenters. The second-order valence-corrected chi connectivity index (χ2v) is 4.03. The fourth-order valence-electron chi connectivity index (χ4n) is 0.881. The highest BCUT2D eigenvalue weighted by molar-refractivity contribution is 5.74. The van der Waals surface area contributed by atoms with Gasteiger partial charge in [-0.15, -0.1) is 0 Å². The minimum Gasteiger partial charge on any atom is -0.461 e. The largest absolute Gasteiger partial charge is 0.461 e. The van der Waals surface area contributed by atoms with Gasteiger partial charge in [0.1, 0.15) is 0 Å². The Labute approximate surface area is 80.1 Å². The SMILES string of the molecule is CC(C)OC(=O)C(O)C(C)C(C)C. The van der Waals surface area contributed by atoms with Crippen LogP contribution >= 0.6 is 0 Å². The third-order valence-corrected chi connectivity index (χ3v) is 2.14. The van der Waals surface area contributed by atoms with Gasteiger partial charge in [-0.3, -0.25) is 0 Å². The lowest BCUT2D eigenvalue weighted by atomic mass is 9.92. The molecule has 0 saturated heterocycles. The van der Waals surface area contributed by atoms with Crippen LogP contribution in [0.3, 0.4) is 0 Å². The molecule has 0 fully saturated rings. The van der Waals surface area contributed by atoms with Crippen LogP contribution in [0, 0.1) is 11.8 Å². The predicted molar refractivity (Wildman–Crippen MR) is 51.2 cm³/mol. The Morgan fingerprint density at radius 3 is 1.92 bits per heavy atom. The maximum absolute atomic E-state index is 11.2. The smallest absolute Gasteiger partial charge is 0.335 e. The van der Waals surface area contributed by atoms with Crippen LogP contribution in [0.2, 0.25) is 0 Å². The van der Waals surface area contributed by atoms with E-state index in [-0.39, 0.29) is 17.9 Å². The van der Waals surface area contributed by atoms with Gasteiger partial charge in [-0.05, 0) is 25.7 Å². The molecule has 0 bridgehead atoms. The summed E-state index contributed by atoms with van der Waals surface area (Å²) >= 11 is 0. The zero-order valence-electron chi connectivity index (χ0n) is 9.07. The second-order valence-electron chi connectivity index (χ2n) is 4.03. The number of carbonyl (C=O) groups is 1. The molecular formula is C10H20O3. The molecule has 0 aromatic carbocycles. The van der Waals surface area contributed by atoms with E-state index in [4.69, 9.17) is 4.74 Å². The number of aliphatic hydroxyl groups excluding tert-OH is 1. The first-order valence-electron chi connectivity index (χ1n) is 4.74. The quantitative estimate of drug-likeness (QED) is 0.681. The van der Waals surface area contributed by atoms with Gasteiger partial charge in [-0.2, -0.15) is 0 Å². The van der Waals surface area contributed by atoms with Crippen LogP contribution in [-0.4, -0.2) is 23.3 Å². The first kappa shape index (κ1) is 12.4. The molecular weight excluding hydrogens is 168 g/mol. The summed E-state index contributed by atoms with van der Waals surface area (Å²) in [7, 11) is 0. The van der Waals surface area contributed by atoms with E-state index >= 15 is 0 Å². The molecule has 13 heavy (non-hydrogen) atoms. The lowest BCUT2D eigenvalue weighted by Gasteiger charge is -2.21. The third-order valence-electron chi connectivity index (χ3n) is 2.14. The summed E-state index contributed by atoms with van der Waals surface area (Å²) < 4.78 is 4.89. The van der Waals surface area contributed by atoms with Crippen LogP contribution < -0.4 is 0 Å². The van der Waals surface area contributed by atoms with Crippen LogP contribution in [0.1, 0.15) is 34.6 Å². The summed E-state index contributed by atoms with van der Waals surface area (Å²) in [5, 5.41) is 9.53. The highest BCUT2D eigenvalue weighted by atomic mass is 16.6. The number of ether oxygens (including phenoxy) is 1. The fourth-order valence-corrected chi connectivity index (χ4v) is 0.881. The molecule has 0 aliphatic rings. The molecule has 0 heterocycles. The number of hydrogen-bond donors (Lipinski definition) is 1. The van der Waals surface area contributed by atoms with Crippen molar-refractivity contribution >= 4 is 5.97 Å². The van der Waals surface area contributed by atoms with Gasteiger partial charge in [0.25, 0.3) is 0 Å². The highest BCUT2D eigenvalue weighted by Crippen LogP contribution is 2.15. The molecule has 1 N–H and O–H groups in total. The van der Waals surface area contributed by atoms with E-state index in [0.717, 1.165) is 0 Å². The van der Waals surface area contributed by atoms with E-state index in [1.54, 1.807) is 13.8 Å². The molecule has 78 valence electrons. The lowest BCUT2D eigenvalue weighted by Crippen LogP contribution is -2.33. The Kier molecular flexibility index (Phi) is 4.99. The van der Waals surface area contributed by atoms with Crippen molar-refractivity contribution in [1.29, 1.82) is 0 Å². The second kappa shape index (κ2) is 5.22. The van der Waals surface area contributed by atoms with E-state index in [2.05, 4.69) is 0 Å². The van der Waals surface area contributed by atoms with Crippen molar-refractivity contribution in [3.63, 3.8) is 0 Å². The van der Waals surface area contributed by atoms with E-state index < -0.39 is 12.1 Å². The predicted octanol–water partition coefficient (Wildman–Crippen LogP) is 1.59. The zero-order valence-corrected chi connectivity index (χ0v) is 9.07. The van der Waals surface area contributed by atoms with Crippen molar-refractivity contribution in [3.8, 4) is 0 Å². The monoisotopic (exact) mass is 188 g/mol. The van der Waals surface area contributed by atoms with Crippen molar-refractivity contribution in [2.75, 3.05) is 0 Å². The first-order chi connectivity index (χ1) is 5.86. The number of aliphatic hydroxyl groups is 1. The summed E-state index contributed by atoms with van der Waals surface area (Å²) in [6.07, 6.45) is -1.16. The standard InChI is InChI=1S/C10H20O3/c1-6(2)8(5)9(11)10(12)13-7(3)4/h6-9,11H,1-5H3. The van der Waals surface area contributed by atoms with E-state index in [0.29, 0.717) is 0 Å². The molecule has 3 heteroatoms. The molecule has 0 aromatic rings. The van der Waals surface area contributed by atoms with Crippen molar-refractivity contribution in [1.82, 2.24) is 0 Å². The van der Waals surface area contributed by atoms with Gasteiger partial charge in [0, 0.05) is 0 Å². The average Bonchev–Trinajstić information content (AvgIpc) is 2.00. The lowest BCUT2D eigenvalue weighted by molar-refractivity contribution is -0.161. The summed E-state index contributed by atoms with van der Waals surface area (Å²) in [5.74, 6) is -0.308. The molecule has 0 aliphatic carbocycles. The number of rotatable bonds is 4. The van der Waals surface area contributed by atoms with E-state index in [1.165, 1.54) is 0 Å². The molecule has 0 spiro atoms. The third kappa shape index (κ3) is 4.27. The van der Waals surface area contributed by atoms with Crippen LogP contribution in [0.5, 0.6) is 0 Å². The summed E-state index contributed by atoms with van der Waals surface area (Å²) in [4.78, 5) is 11.2. The fraction of sp³-hybridized carbons (Fsp3) is 0.900. The maximum atomic E-state index is 11.2. The van der Waals surface area contributed by atoms with Crippen molar-refractivity contribution in [3.05, 3.63) is 0 Å². The molecule has 0 saturated carbocycles. The van der Waals surface area contributed by atoms with Crippen LogP contribution in [-0.2, 0) is 9.53 Å². The summed E-state index contributed by atoms with van der Waals surface area (Å²) in [6.45, 7) is 9.32. The van der Waals surface area contributed by atoms with Crippen LogP contribution in [0.4, 0.5) is 0 Å². The van der Waals surface area contributed by atoms with Gasteiger partial charge in [-0.25, -0.2) is 4.79 Å². The van der Waals surface area contributed by atoms with E-state index in [9.17, 15) is 9.90 Å². The minimum absolute atomic E-state index is 0.0637. The number of carbonyl (C=O) groups excluding carboxylic acids is 1. The minimum atomic E-state index is -0.998. The van der Waals surface area contributed by atoms with Gasteiger partial charge in [-0.1, -0.05) is 20.8 Å². The molecule has 0 radical (unpaired) electrons. The molecule has 0 aliphatic heterocycles. The summed E-state index contributed by atoms with van der Waals surface area (Å²) in [5.41, 5.74) is 0. The van der Waals surface area contributed by atoms with Gasteiger partial charge in [0.05, 0.1) is 6.10 Å². The maximum Gasteiger partial charge on any atom is 0.335 e. The Balaban J connectivity index is 4.09. The van der Waals surface area contributed by atoms with Crippen LogP contribution in [0.15, 0.2) is 0 Å². The van der Waals surface area contributed by atoms with Gasteiger partial charge in [0.2, 0.25) is 0 Å². The van der Waals surface area contributed by atoms with Crippen molar-refractivity contribution < 1.29 is 14.6 Å². The Hall–Kier alpha value is -0.570. The Bertz CT molecular complexity index is 164. The molecule has 3 nitrogen and oxygen atoms in total. The summed E-state index contributed by atoms with van der Waals surface area (Å²) in [6, 6.07) is 0. The van der Waals surface area contributed by atoms with Gasteiger partial charge < -0.3 is 9.84 Å². The van der Waals surface area contributed by atoms with Gasteiger partial charge >= 0.3 is 5.97 Å². The molecule has 2 unspecified atom stereocenters. The Morgan fingerprint density at radius 1 is 1.15 bits per heavy atom. The normalized spacial score (nSPS) is 16.0. The highest BCUT2D eigenvalue weighted by Gasteiger charge is 2.26. The van der Waals surface area contributed by atoms with Crippen LogP contribution in [0.25, 0.3) is 0 Å². The van der Waals surface area contributed by atoms with E-state index in [1.807, 2.05) is 20.8 Å². The van der Waals surface area contributed by atoms with Gasteiger partial charge in [0.15, 0.2) is 6.10 Å². The van der Waals surface area contributed by atoms with Crippen molar-refractivity contribution in [2.24, 2.45) is 11.8 Å². The number of esters is 1. The average molecular weight is 188 g/mol. The number of hydrogen-bond acceptors (Lipinski definition) is 3. The Morgan fingerprint density at radius 2 is 1.62 bits per heavy atom.